The number of benzene rings is 1. The number of rotatable bonds is 3. The van der Waals surface area contributed by atoms with E-state index in [9.17, 15) is 18.0 Å². The van der Waals surface area contributed by atoms with Gasteiger partial charge in [-0.1, -0.05) is 6.07 Å². The van der Waals surface area contributed by atoms with E-state index in [1.807, 2.05) is 0 Å². The number of hydrogen-bond acceptors (Lipinski definition) is 2. The fourth-order valence-electron chi connectivity index (χ4n) is 1.32. The Kier molecular flexibility index (Phi) is 4.75. The molecule has 0 aliphatic heterocycles. The van der Waals surface area contributed by atoms with E-state index in [2.05, 4.69) is 21.2 Å². The third-order valence-corrected chi connectivity index (χ3v) is 2.89. The van der Waals surface area contributed by atoms with Gasteiger partial charge in [0.2, 0.25) is 5.91 Å². The number of hydrogen-bond donors (Lipinski definition) is 1. The molecule has 0 aliphatic carbocycles. The van der Waals surface area contributed by atoms with E-state index in [-0.39, 0.29) is 22.6 Å². The van der Waals surface area contributed by atoms with Gasteiger partial charge >= 0.3 is 6.18 Å². The largest absolute Gasteiger partial charge is 0.417 e. The predicted molar refractivity (Wildman–Crippen MR) is 66.3 cm³/mol. The molecule has 0 saturated heterocycles. The van der Waals surface area contributed by atoms with E-state index in [0.717, 1.165) is 6.07 Å². The zero-order chi connectivity index (χ0) is 13.9. The van der Waals surface area contributed by atoms with Gasteiger partial charge in [-0.05, 0) is 42.2 Å². The van der Waals surface area contributed by atoms with Crippen molar-refractivity contribution in [3.8, 4) is 0 Å². The molecule has 1 amide bonds. The number of likely N-dealkylation sites (N-methyl/N-ethyl adjacent to an activating group) is 1. The van der Waals surface area contributed by atoms with E-state index in [1.54, 1.807) is 19.0 Å². The van der Waals surface area contributed by atoms with Gasteiger partial charge in [-0.25, -0.2) is 0 Å². The van der Waals surface area contributed by atoms with Gasteiger partial charge in [-0.2, -0.15) is 13.2 Å². The van der Waals surface area contributed by atoms with Gasteiger partial charge < -0.3 is 10.2 Å². The first kappa shape index (κ1) is 15.0. The van der Waals surface area contributed by atoms with Crippen LogP contribution in [0.4, 0.5) is 18.9 Å². The van der Waals surface area contributed by atoms with Crippen LogP contribution in [0.15, 0.2) is 22.7 Å². The maximum Gasteiger partial charge on any atom is 0.417 e. The van der Waals surface area contributed by atoms with Crippen molar-refractivity contribution in [1.82, 2.24) is 4.90 Å². The Hall–Kier alpha value is -1.08. The molecule has 0 aromatic heterocycles. The highest BCUT2D eigenvalue weighted by Crippen LogP contribution is 2.38. The summed E-state index contributed by atoms with van der Waals surface area (Å²) in [5.41, 5.74) is -0.707. The Morgan fingerprint density at radius 2 is 2.00 bits per heavy atom. The summed E-state index contributed by atoms with van der Waals surface area (Å²) in [4.78, 5) is 13.1. The summed E-state index contributed by atoms with van der Waals surface area (Å²) in [6, 6.07) is 3.61. The lowest BCUT2D eigenvalue weighted by molar-refractivity contribution is -0.138. The standard InChI is InChI=1S/C11H12BrF3N2O/c1-17(2)6-9(18)16-8-5-3-4-7(10(8)12)11(13,14)15/h3-5H,6H2,1-2H3,(H,16,18). The number of amides is 1. The monoisotopic (exact) mass is 324 g/mol. The van der Waals surface area contributed by atoms with E-state index in [0.29, 0.717) is 0 Å². The number of anilines is 1. The zero-order valence-corrected chi connectivity index (χ0v) is 11.4. The molecule has 0 heterocycles. The normalized spacial score (nSPS) is 11.7. The van der Waals surface area contributed by atoms with Crippen molar-refractivity contribution in [1.29, 1.82) is 0 Å². The first-order valence-electron chi connectivity index (χ1n) is 5.02. The van der Waals surface area contributed by atoms with Crippen molar-refractivity contribution in [3.05, 3.63) is 28.2 Å². The molecule has 0 unspecified atom stereocenters. The van der Waals surface area contributed by atoms with Gasteiger partial charge in [0.1, 0.15) is 0 Å². The molecule has 1 aromatic carbocycles. The van der Waals surface area contributed by atoms with Gasteiger partial charge in [-0.15, -0.1) is 0 Å². The fourth-order valence-corrected chi connectivity index (χ4v) is 1.91. The number of nitrogens with zero attached hydrogens (tertiary/aromatic N) is 1. The van der Waals surface area contributed by atoms with Gasteiger partial charge in [-0.3, -0.25) is 4.79 Å². The van der Waals surface area contributed by atoms with Crippen LogP contribution in [-0.2, 0) is 11.0 Å². The third kappa shape index (κ3) is 3.99. The molecule has 18 heavy (non-hydrogen) atoms. The second kappa shape index (κ2) is 5.71. The molecule has 100 valence electrons. The quantitative estimate of drug-likeness (QED) is 0.927. The van der Waals surface area contributed by atoms with Gasteiger partial charge in [0, 0.05) is 0 Å². The van der Waals surface area contributed by atoms with E-state index in [4.69, 9.17) is 0 Å². The van der Waals surface area contributed by atoms with Crippen LogP contribution >= 0.6 is 15.9 Å². The SMILES string of the molecule is CN(C)CC(=O)Nc1cccc(C(F)(F)F)c1Br. The van der Waals surface area contributed by atoms with Crippen molar-refractivity contribution in [3.63, 3.8) is 0 Å². The zero-order valence-electron chi connectivity index (χ0n) is 9.81. The lowest BCUT2D eigenvalue weighted by atomic mass is 10.2. The van der Waals surface area contributed by atoms with E-state index in [1.165, 1.54) is 12.1 Å². The van der Waals surface area contributed by atoms with Crippen molar-refractivity contribution in [2.75, 3.05) is 26.0 Å². The molecule has 0 bridgehead atoms. The smallest absolute Gasteiger partial charge is 0.324 e. The molecule has 1 N–H and O–H groups in total. The second-order valence-electron chi connectivity index (χ2n) is 3.95. The number of halogens is 4. The Balaban J connectivity index is 2.95. The van der Waals surface area contributed by atoms with Crippen LogP contribution in [0, 0.1) is 0 Å². The number of alkyl halides is 3. The number of carbonyl (C=O) groups is 1. The second-order valence-corrected chi connectivity index (χ2v) is 4.74. The maximum absolute atomic E-state index is 12.6. The van der Waals surface area contributed by atoms with E-state index >= 15 is 0 Å². The van der Waals surface area contributed by atoms with Crippen molar-refractivity contribution >= 4 is 27.5 Å². The van der Waals surface area contributed by atoms with Crippen LogP contribution in [0.25, 0.3) is 0 Å². The Morgan fingerprint density at radius 1 is 1.39 bits per heavy atom. The van der Waals surface area contributed by atoms with Crippen LogP contribution < -0.4 is 5.32 Å². The Labute approximate surface area is 111 Å². The van der Waals surface area contributed by atoms with Crippen molar-refractivity contribution in [2.24, 2.45) is 0 Å². The van der Waals surface area contributed by atoms with Crippen LogP contribution in [0.1, 0.15) is 5.56 Å². The molecule has 0 saturated carbocycles. The van der Waals surface area contributed by atoms with Gasteiger partial charge in [0.05, 0.1) is 22.3 Å². The minimum atomic E-state index is -4.46. The Bertz CT molecular complexity index is 446. The molecule has 1 aromatic rings. The van der Waals surface area contributed by atoms with Crippen LogP contribution in [0.2, 0.25) is 0 Å². The summed E-state index contributed by atoms with van der Waals surface area (Å²) in [5, 5.41) is 2.43. The van der Waals surface area contributed by atoms with Crippen molar-refractivity contribution < 1.29 is 18.0 Å². The van der Waals surface area contributed by atoms with Crippen LogP contribution in [0.5, 0.6) is 0 Å². The van der Waals surface area contributed by atoms with Gasteiger partial charge in [0.25, 0.3) is 0 Å². The number of carbonyl (C=O) groups excluding carboxylic acids is 1. The number of nitrogens with one attached hydrogen (secondary N) is 1. The maximum atomic E-state index is 12.6. The van der Waals surface area contributed by atoms with Gasteiger partial charge in [0.15, 0.2) is 0 Å². The van der Waals surface area contributed by atoms with Crippen molar-refractivity contribution in [2.45, 2.75) is 6.18 Å². The molecule has 0 atom stereocenters. The first-order chi connectivity index (χ1) is 8.21. The van der Waals surface area contributed by atoms with E-state index < -0.39 is 11.7 Å². The fraction of sp³-hybridized carbons (Fsp3) is 0.364. The summed E-state index contributed by atoms with van der Waals surface area (Å²) in [5.74, 6) is -0.375. The third-order valence-electron chi connectivity index (χ3n) is 2.04. The minimum absolute atomic E-state index is 0.0999. The highest BCUT2D eigenvalue weighted by atomic mass is 79.9. The molecule has 0 radical (unpaired) electrons. The lowest BCUT2D eigenvalue weighted by Crippen LogP contribution is -2.27. The highest BCUT2D eigenvalue weighted by Gasteiger charge is 2.33. The molecule has 1 rings (SSSR count). The first-order valence-corrected chi connectivity index (χ1v) is 5.81. The minimum Gasteiger partial charge on any atom is -0.324 e. The average Bonchev–Trinajstić information content (AvgIpc) is 2.18. The highest BCUT2D eigenvalue weighted by molar-refractivity contribution is 9.10. The molecule has 7 heteroatoms. The predicted octanol–water partition coefficient (Wildman–Crippen LogP) is 2.97. The lowest BCUT2D eigenvalue weighted by Gasteiger charge is -2.14. The molecule has 0 aliphatic rings. The Morgan fingerprint density at radius 3 is 2.50 bits per heavy atom. The summed E-state index contributed by atoms with van der Waals surface area (Å²) >= 11 is 2.86. The molecular formula is C11H12BrF3N2O. The molecular weight excluding hydrogens is 313 g/mol. The summed E-state index contributed by atoms with van der Waals surface area (Å²) < 4.78 is 37.7. The average molecular weight is 325 g/mol. The topological polar surface area (TPSA) is 32.3 Å². The summed E-state index contributed by atoms with van der Waals surface area (Å²) in [7, 11) is 3.39. The summed E-state index contributed by atoms with van der Waals surface area (Å²) in [6.07, 6.45) is -4.46. The molecule has 3 nitrogen and oxygen atoms in total. The molecule has 0 spiro atoms. The van der Waals surface area contributed by atoms with Crippen LogP contribution in [-0.4, -0.2) is 31.4 Å². The summed E-state index contributed by atoms with van der Waals surface area (Å²) in [6.45, 7) is 0.0999. The van der Waals surface area contributed by atoms with Crippen LogP contribution in [0.3, 0.4) is 0 Å². The molecule has 0 fully saturated rings.